The average Bonchev–Trinajstić information content (AvgIpc) is 3.05. The zero-order valence-electron chi connectivity index (χ0n) is 25.4. The Bertz CT molecular complexity index is 1590. The van der Waals surface area contributed by atoms with Crippen LogP contribution in [0.4, 0.5) is 21.8 Å². The second-order valence-corrected chi connectivity index (χ2v) is 11.6. The summed E-state index contributed by atoms with van der Waals surface area (Å²) in [5, 5.41) is 31.6. The maximum Gasteiger partial charge on any atom is 0.253 e. The van der Waals surface area contributed by atoms with Crippen molar-refractivity contribution in [2.75, 3.05) is 69.3 Å². The molecule has 3 atom stereocenters. The number of ether oxygens (including phenoxy) is 2. The van der Waals surface area contributed by atoms with Crippen LogP contribution in [0.1, 0.15) is 17.5 Å². The van der Waals surface area contributed by atoms with E-state index in [0.717, 1.165) is 61.4 Å². The minimum absolute atomic E-state index is 0.146. The predicted octanol–water partition coefficient (Wildman–Crippen LogP) is 1.05. The molecule has 3 fully saturated rings. The standard InChI is InChI=1S/C31H36FN9O5/c1-19-10-22(13-34-29(19)40-8-6-39(7-9-40)23-16-45-17-23)37-31-36-18-35-28(38-31)20-2-3-26(21(11-20)12-33)46-27-4-5-41(14-24(27)32)30(44)25(43)15-42/h2-3,10-11,13,18,23-25,27,42-43H,4-9,14-17H2,1H3,(H,35,36,37,38)/t24-,25-,27-/m0/s1. The molecule has 6 rings (SSSR count). The number of benzene rings is 1. The van der Waals surface area contributed by atoms with Gasteiger partial charge < -0.3 is 34.8 Å². The van der Waals surface area contributed by atoms with Gasteiger partial charge in [-0.05, 0) is 36.8 Å². The number of carbonyl (C=O) groups excluding carboxylic acids is 1. The van der Waals surface area contributed by atoms with Gasteiger partial charge in [0.15, 0.2) is 18.1 Å². The number of hydrogen-bond donors (Lipinski definition) is 3. The molecule has 0 bridgehead atoms. The highest BCUT2D eigenvalue weighted by Crippen LogP contribution is 2.29. The topological polar surface area (TPSA) is 173 Å². The van der Waals surface area contributed by atoms with E-state index in [9.17, 15) is 19.6 Å². The quantitative estimate of drug-likeness (QED) is 0.306. The van der Waals surface area contributed by atoms with Gasteiger partial charge in [-0.3, -0.25) is 9.69 Å². The van der Waals surface area contributed by atoms with Gasteiger partial charge in [0.2, 0.25) is 5.95 Å². The lowest BCUT2D eigenvalue weighted by Crippen LogP contribution is -2.56. The maximum atomic E-state index is 14.9. The van der Waals surface area contributed by atoms with E-state index in [4.69, 9.17) is 19.6 Å². The molecule has 3 aromatic rings. The largest absolute Gasteiger partial charge is 0.486 e. The van der Waals surface area contributed by atoms with E-state index in [1.165, 1.54) is 6.33 Å². The monoisotopic (exact) mass is 633 g/mol. The van der Waals surface area contributed by atoms with Crippen molar-refractivity contribution in [3.8, 4) is 23.2 Å². The highest BCUT2D eigenvalue weighted by molar-refractivity contribution is 5.81. The number of aromatic nitrogens is 4. The van der Waals surface area contributed by atoms with Crippen molar-refractivity contribution in [1.29, 1.82) is 5.26 Å². The number of piperidine rings is 1. The van der Waals surface area contributed by atoms with E-state index in [1.807, 2.05) is 13.0 Å². The molecule has 46 heavy (non-hydrogen) atoms. The highest BCUT2D eigenvalue weighted by Gasteiger charge is 2.35. The fraction of sp³-hybridized carbons (Fsp3) is 0.484. The zero-order chi connectivity index (χ0) is 32.2. The number of nitriles is 1. The number of rotatable bonds is 9. The third-order valence-corrected chi connectivity index (χ3v) is 8.52. The maximum absolute atomic E-state index is 14.9. The molecular weight excluding hydrogens is 597 g/mol. The first-order valence-corrected chi connectivity index (χ1v) is 15.3. The van der Waals surface area contributed by atoms with Crippen LogP contribution >= 0.6 is 0 Å². The van der Waals surface area contributed by atoms with Gasteiger partial charge in [-0.1, -0.05) is 0 Å². The lowest BCUT2D eigenvalue weighted by atomic mass is 10.0. The lowest BCUT2D eigenvalue weighted by Gasteiger charge is -2.43. The molecule has 0 radical (unpaired) electrons. The molecule has 5 heterocycles. The molecule has 242 valence electrons. The van der Waals surface area contributed by atoms with Gasteiger partial charge in [-0.15, -0.1) is 0 Å². The SMILES string of the molecule is Cc1cc(Nc2ncnc(-c3ccc(O[C@H]4CCN(C(=O)[C@@H](O)CO)C[C@@H]4F)c(C#N)c3)n2)cnc1N1CCN(C2COC2)CC1. The second kappa shape index (κ2) is 13.9. The smallest absolute Gasteiger partial charge is 0.253 e. The van der Waals surface area contributed by atoms with Crippen LogP contribution in [0.3, 0.4) is 0 Å². The number of aliphatic hydroxyl groups excluding tert-OH is 2. The summed E-state index contributed by atoms with van der Waals surface area (Å²) < 4.78 is 26.1. The second-order valence-electron chi connectivity index (χ2n) is 11.6. The molecule has 0 saturated carbocycles. The Hall–Kier alpha value is -4.49. The third kappa shape index (κ3) is 6.85. The van der Waals surface area contributed by atoms with Crippen molar-refractivity contribution in [2.45, 2.75) is 37.8 Å². The van der Waals surface area contributed by atoms with Crippen molar-refractivity contribution in [2.24, 2.45) is 0 Å². The van der Waals surface area contributed by atoms with Crippen molar-refractivity contribution >= 4 is 23.4 Å². The molecule has 1 aromatic carbocycles. The van der Waals surface area contributed by atoms with Gasteiger partial charge in [-0.25, -0.2) is 19.3 Å². The Morgan fingerprint density at radius 2 is 2.00 bits per heavy atom. The number of piperazine rings is 1. The summed E-state index contributed by atoms with van der Waals surface area (Å²) >= 11 is 0. The highest BCUT2D eigenvalue weighted by atomic mass is 19.1. The molecule has 2 aromatic heterocycles. The number of likely N-dealkylation sites (tertiary alicyclic amines) is 1. The summed E-state index contributed by atoms with van der Waals surface area (Å²) in [6, 6.07) is 9.44. The lowest BCUT2D eigenvalue weighted by molar-refractivity contribution is -0.146. The number of carbonyl (C=O) groups is 1. The fourth-order valence-electron chi connectivity index (χ4n) is 5.85. The Morgan fingerprint density at radius 3 is 2.67 bits per heavy atom. The van der Waals surface area contributed by atoms with Crippen molar-refractivity contribution in [3.63, 3.8) is 0 Å². The van der Waals surface area contributed by atoms with Crippen LogP contribution < -0.4 is 15.0 Å². The number of nitrogens with zero attached hydrogens (tertiary/aromatic N) is 8. The van der Waals surface area contributed by atoms with Crippen LogP contribution in [0, 0.1) is 18.3 Å². The molecule has 0 spiro atoms. The summed E-state index contributed by atoms with van der Waals surface area (Å²) in [7, 11) is 0. The number of amides is 1. The zero-order valence-corrected chi connectivity index (χ0v) is 25.4. The van der Waals surface area contributed by atoms with Crippen LogP contribution in [0.5, 0.6) is 5.75 Å². The Labute approximate surface area is 265 Å². The third-order valence-electron chi connectivity index (χ3n) is 8.52. The number of nitrogens with one attached hydrogen (secondary N) is 1. The minimum Gasteiger partial charge on any atom is -0.486 e. The molecule has 3 saturated heterocycles. The Morgan fingerprint density at radius 1 is 1.20 bits per heavy atom. The van der Waals surface area contributed by atoms with Crippen molar-refractivity contribution < 1.29 is 28.9 Å². The van der Waals surface area contributed by atoms with Crippen LogP contribution in [0.25, 0.3) is 11.4 Å². The Kier molecular flexibility index (Phi) is 9.50. The number of halogens is 1. The summed E-state index contributed by atoms with van der Waals surface area (Å²) in [4.78, 5) is 35.8. The summed E-state index contributed by atoms with van der Waals surface area (Å²) in [6.07, 6.45) is -0.736. The number of hydrogen-bond acceptors (Lipinski definition) is 13. The van der Waals surface area contributed by atoms with Crippen LogP contribution in [-0.4, -0.2) is 129 Å². The van der Waals surface area contributed by atoms with Crippen molar-refractivity contribution in [1.82, 2.24) is 29.7 Å². The minimum atomic E-state index is -1.58. The van der Waals surface area contributed by atoms with Crippen LogP contribution in [0.2, 0.25) is 0 Å². The fourth-order valence-corrected chi connectivity index (χ4v) is 5.85. The number of aliphatic hydroxyl groups is 2. The number of anilines is 3. The molecule has 0 unspecified atom stereocenters. The van der Waals surface area contributed by atoms with Crippen LogP contribution in [0.15, 0.2) is 36.8 Å². The molecule has 14 nitrogen and oxygen atoms in total. The number of alkyl halides is 1. The van der Waals surface area contributed by atoms with Crippen molar-refractivity contribution in [3.05, 3.63) is 47.9 Å². The average molecular weight is 634 g/mol. The molecule has 15 heteroatoms. The van der Waals surface area contributed by atoms with E-state index in [2.05, 4.69) is 36.1 Å². The van der Waals surface area contributed by atoms with E-state index in [-0.39, 0.29) is 30.8 Å². The number of aryl methyl sites for hydroxylation is 1. The summed E-state index contributed by atoms with van der Waals surface area (Å²) in [5.41, 5.74) is 2.47. The van der Waals surface area contributed by atoms with Gasteiger partial charge in [0.05, 0.1) is 49.9 Å². The molecule has 1 amide bonds. The van der Waals surface area contributed by atoms with Gasteiger partial charge in [0.1, 0.15) is 30.1 Å². The summed E-state index contributed by atoms with van der Waals surface area (Å²) in [5.74, 6) is 1.05. The van der Waals surface area contributed by atoms with E-state index in [0.29, 0.717) is 23.4 Å². The van der Waals surface area contributed by atoms with Gasteiger partial charge in [0.25, 0.3) is 5.91 Å². The molecule has 3 N–H and O–H groups in total. The van der Waals surface area contributed by atoms with Gasteiger partial charge in [-0.2, -0.15) is 10.2 Å². The Balaban J connectivity index is 1.09. The first-order valence-electron chi connectivity index (χ1n) is 15.3. The van der Waals surface area contributed by atoms with E-state index >= 15 is 0 Å². The van der Waals surface area contributed by atoms with Crippen LogP contribution in [-0.2, 0) is 9.53 Å². The normalized spacial score (nSPS) is 21.3. The van der Waals surface area contributed by atoms with Gasteiger partial charge >= 0.3 is 0 Å². The molecular formula is C31H36FN9O5. The first kappa shape index (κ1) is 31.5. The number of pyridine rings is 1. The summed E-state index contributed by atoms with van der Waals surface area (Å²) in [6.45, 7) is 6.59. The molecule has 3 aliphatic heterocycles. The molecule has 0 aliphatic carbocycles. The first-order chi connectivity index (χ1) is 22.3. The molecule has 3 aliphatic rings. The van der Waals surface area contributed by atoms with E-state index in [1.54, 1.807) is 24.4 Å². The predicted molar refractivity (Wildman–Crippen MR) is 164 cm³/mol. The van der Waals surface area contributed by atoms with Gasteiger partial charge in [0, 0.05) is 44.7 Å². The van der Waals surface area contributed by atoms with E-state index < -0.39 is 30.9 Å².